The SMILES string of the molecule is C=NC=NC1=C(C)C(=O)C(Nc2ccc(-n3ccnc3C)cc2)=CC1=O. The number of aromatic nitrogens is 2. The number of hydrogen-bond donors (Lipinski definition) is 1. The van der Waals surface area contributed by atoms with E-state index in [1.165, 1.54) is 6.08 Å². The fraction of sp³-hybridized carbons (Fsp3) is 0.105. The first-order valence-corrected chi connectivity index (χ1v) is 7.88. The van der Waals surface area contributed by atoms with E-state index < -0.39 is 0 Å². The van der Waals surface area contributed by atoms with Crippen LogP contribution in [0.15, 0.2) is 69.7 Å². The van der Waals surface area contributed by atoms with Gasteiger partial charge in [0.25, 0.3) is 0 Å². The van der Waals surface area contributed by atoms with E-state index in [9.17, 15) is 9.59 Å². The quantitative estimate of drug-likeness (QED) is 0.511. The maximum atomic E-state index is 12.5. The highest BCUT2D eigenvalue weighted by Gasteiger charge is 2.25. The molecule has 7 nitrogen and oxygen atoms in total. The number of hydrogen-bond acceptors (Lipinski definition) is 5. The fourth-order valence-electron chi connectivity index (χ4n) is 2.62. The van der Waals surface area contributed by atoms with Crippen molar-refractivity contribution in [2.45, 2.75) is 13.8 Å². The van der Waals surface area contributed by atoms with Gasteiger partial charge >= 0.3 is 0 Å². The monoisotopic (exact) mass is 347 g/mol. The molecule has 0 amide bonds. The molecule has 1 aromatic heterocycles. The van der Waals surface area contributed by atoms with Crippen LogP contribution in [-0.4, -0.2) is 34.2 Å². The summed E-state index contributed by atoms with van der Waals surface area (Å²) in [5.41, 5.74) is 2.22. The van der Waals surface area contributed by atoms with E-state index in [2.05, 4.69) is 27.0 Å². The Morgan fingerprint density at radius 2 is 1.92 bits per heavy atom. The number of aliphatic imine (C=N–C) groups is 2. The summed E-state index contributed by atoms with van der Waals surface area (Å²) in [6.45, 7) is 6.75. The molecule has 130 valence electrons. The molecule has 0 aliphatic heterocycles. The number of carbonyl (C=O) groups excluding carboxylic acids is 2. The van der Waals surface area contributed by atoms with Crippen LogP contribution in [0.4, 0.5) is 5.69 Å². The van der Waals surface area contributed by atoms with Gasteiger partial charge in [0.05, 0.1) is 5.70 Å². The van der Waals surface area contributed by atoms with E-state index in [0.29, 0.717) is 5.69 Å². The van der Waals surface area contributed by atoms with Gasteiger partial charge in [0, 0.05) is 35.4 Å². The summed E-state index contributed by atoms with van der Waals surface area (Å²) in [6, 6.07) is 7.48. The number of imidazole rings is 1. The van der Waals surface area contributed by atoms with Gasteiger partial charge in [0.15, 0.2) is 0 Å². The van der Waals surface area contributed by atoms with Crippen LogP contribution in [-0.2, 0) is 9.59 Å². The number of benzene rings is 1. The van der Waals surface area contributed by atoms with Crippen molar-refractivity contribution in [2.75, 3.05) is 5.32 Å². The van der Waals surface area contributed by atoms with Crippen molar-refractivity contribution in [3.05, 3.63) is 65.5 Å². The minimum absolute atomic E-state index is 0.0823. The van der Waals surface area contributed by atoms with Crippen molar-refractivity contribution in [1.29, 1.82) is 0 Å². The van der Waals surface area contributed by atoms with Crippen LogP contribution >= 0.6 is 0 Å². The molecule has 0 spiro atoms. The molecule has 0 saturated carbocycles. The molecular formula is C19H17N5O2. The van der Waals surface area contributed by atoms with Crippen LogP contribution < -0.4 is 5.32 Å². The Morgan fingerprint density at radius 3 is 2.54 bits per heavy atom. The molecule has 2 aromatic rings. The van der Waals surface area contributed by atoms with Gasteiger partial charge in [-0.3, -0.25) is 14.6 Å². The zero-order chi connectivity index (χ0) is 18.7. The lowest BCUT2D eigenvalue weighted by Gasteiger charge is -2.16. The predicted octanol–water partition coefficient (Wildman–Crippen LogP) is 2.63. The highest BCUT2D eigenvalue weighted by Crippen LogP contribution is 2.22. The number of carbonyl (C=O) groups is 2. The summed E-state index contributed by atoms with van der Waals surface area (Å²) in [5.74, 6) is 0.245. The second-order valence-electron chi connectivity index (χ2n) is 5.67. The summed E-state index contributed by atoms with van der Waals surface area (Å²) in [6.07, 6.45) is 6.00. The van der Waals surface area contributed by atoms with Crippen LogP contribution in [0.1, 0.15) is 12.7 Å². The van der Waals surface area contributed by atoms with Crippen molar-refractivity contribution < 1.29 is 9.59 Å². The molecule has 0 atom stereocenters. The Kier molecular flexibility index (Phi) is 4.70. The molecule has 1 N–H and O–H groups in total. The van der Waals surface area contributed by atoms with Crippen LogP contribution in [0.2, 0.25) is 0 Å². The molecule has 1 aliphatic carbocycles. The average Bonchev–Trinajstić information content (AvgIpc) is 3.06. The topological polar surface area (TPSA) is 88.7 Å². The van der Waals surface area contributed by atoms with E-state index in [4.69, 9.17) is 0 Å². The Labute approximate surface area is 150 Å². The van der Waals surface area contributed by atoms with Crippen molar-refractivity contribution in [3.8, 4) is 5.69 Å². The van der Waals surface area contributed by atoms with E-state index in [-0.39, 0.29) is 28.5 Å². The molecule has 3 rings (SSSR count). The van der Waals surface area contributed by atoms with Gasteiger partial charge in [-0.05, 0) is 44.8 Å². The first-order chi connectivity index (χ1) is 12.5. The summed E-state index contributed by atoms with van der Waals surface area (Å²) < 4.78 is 1.95. The lowest BCUT2D eigenvalue weighted by Crippen LogP contribution is -2.21. The first-order valence-electron chi connectivity index (χ1n) is 7.88. The van der Waals surface area contributed by atoms with Gasteiger partial charge < -0.3 is 9.88 Å². The minimum atomic E-state index is -0.352. The number of Topliss-reactive ketones (excluding diaryl/α,β-unsaturated/α-hetero) is 1. The molecule has 1 heterocycles. The third-order valence-electron chi connectivity index (χ3n) is 3.97. The van der Waals surface area contributed by atoms with Gasteiger partial charge in [-0.15, -0.1) is 0 Å². The van der Waals surface area contributed by atoms with Gasteiger partial charge in [-0.1, -0.05) is 0 Å². The lowest BCUT2D eigenvalue weighted by molar-refractivity contribution is -0.115. The Bertz CT molecular complexity index is 978. The minimum Gasteiger partial charge on any atom is -0.352 e. The largest absolute Gasteiger partial charge is 0.352 e. The molecule has 1 aliphatic rings. The zero-order valence-corrected chi connectivity index (χ0v) is 14.4. The number of nitrogens with one attached hydrogen (secondary N) is 1. The Morgan fingerprint density at radius 1 is 1.19 bits per heavy atom. The van der Waals surface area contributed by atoms with Crippen molar-refractivity contribution in [3.63, 3.8) is 0 Å². The van der Waals surface area contributed by atoms with Crippen LogP contribution in [0.5, 0.6) is 0 Å². The Balaban J connectivity index is 1.80. The van der Waals surface area contributed by atoms with Gasteiger partial charge in [0.2, 0.25) is 11.6 Å². The van der Waals surface area contributed by atoms with E-state index in [1.807, 2.05) is 42.0 Å². The zero-order valence-electron chi connectivity index (χ0n) is 14.4. The molecule has 26 heavy (non-hydrogen) atoms. The normalized spacial score (nSPS) is 14.8. The van der Waals surface area contributed by atoms with Gasteiger partial charge in [-0.2, -0.15) is 0 Å². The molecule has 0 radical (unpaired) electrons. The van der Waals surface area contributed by atoms with Crippen molar-refractivity contribution >= 4 is 30.3 Å². The number of aryl methyl sites for hydroxylation is 1. The van der Waals surface area contributed by atoms with E-state index in [1.54, 1.807) is 13.1 Å². The third-order valence-corrected chi connectivity index (χ3v) is 3.97. The molecule has 0 unspecified atom stereocenters. The van der Waals surface area contributed by atoms with E-state index >= 15 is 0 Å². The standard InChI is InChI=1S/C19H17N5O2/c1-12-18(22-11-20-3)17(25)10-16(19(12)26)23-14-4-6-15(7-5-14)24-9-8-21-13(24)2/h4-11,23H,3H2,1-2H3. The molecule has 0 fully saturated rings. The summed E-state index contributed by atoms with van der Waals surface area (Å²) in [4.78, 5) is 36.2. The summed E-state index contributed by atoms with van der Waals surface area (Å²) in [7, 11) is 0. The van der Waals surface area contributed by atoms with Crippen LogP contribution in [0.25, 0.3) is 5.69 Å². The predicted molar refractivity (Wildman–Crippen MR) is 101 cm³/mol. The smallest absolute Gasteiger partial charge is 0.207 e. The Hall–Kier alpha value is -3.61. The van der Waals surface area contributed by atoms with Gasteiger partial charge in [0.1, 0.15) is 17.9 Å². The highest BCUT2D eigenvalue weighted by molar-refractivity contribution is 6.23. The average molecular weight is 347 g/mol. The number of anilines is 1. The molecule has 7 heteroatoms. The molecule has 1 aromatic carbocycles. The summed E-state index contributed by atoms with van der Waals surface area (Å²) in [5, 5.41) is 3.00. The second-order valence-corrected chi connectivity index (χ2v) is 5.67. The van der Waals surface area contributed by atoms with Crippen molar-refractivity contribution in [2.24, 2.45) is 9.98 Å². The van der Waals surface area contributed by atoms with Gasteiger partial charge in [-0.25, -0.2) is 9.98 Å². The fourth-order valence-corrected chi connectivity index (χ4v) is 2.62. The summed E-state index contributed by atoms with van der Waals surface area (Å²) >= 11 is 0. The highest BCUT2D eigenvalue weighted by atomic mass is 16.1. The van der Waals surface area contributed by atoms with Crippen LogP contribution in [0, 0.1) is 6.92 Å². The lowest BCUT2D eigenvalue weighted by atomic mass is 9.98. The molecule has 0 saturated heterocycles. The third kappa shape index (κ3) is 3.27. The van der Waals surface area contributed by atoms with E-state index in [0.717, 1.165) is 17.9 Å². The van der Waals surface area contributed by atoms with Crippen molar-refractivity contribution in [1.82, 2.24) is 9.55 Å². The molecule has 0 bridgehead atoms. The molecular weight excluding hydrogens is 330 g/mol. The number of allylic oxidation sites excluding steroid dienone is 2. The maximum absolute atomic E-state index is 12.5. The second kappa shape index (κ2) is 7.10. The first kappa shape index (κ1) is 17.2. The van der Waals surface area contributed by atoms with Crippen LogP contribution in [0.3, 0.4) is 0 Å². The number of rotatable bonds is 5. The maximum Gasteiger partial charge on any atom is 0.207 e. The number of nitrogens with zero attached hydrogens (tertiary/aromatic N) is 4. The number of ketones is 2.